The molecule has 1 aromatic rings. The molecule has 26 heavy (non-hydrogen) atoms. The molecule has 142 valence electrons. The number of fused-ring (bicyclic) bond motifs is 1. The van der Waals surface area contributed by atoms with Gasteiger partial charge in [-0.3, -0.25) is 9.59 Å². The van der Waals surface area contributed by atoms with Gasteiger partial charge in [0, 0.05) is 24.8 Å². The van der Waals surface area contributed by atoms with Crippen molar-refractivity contribution < 1.29 is 19.1 Å². The molecular formula is C19H26N2O4S. The largest absolute Gasteiger partial charge is 0.465 e. The first-order valence-corrected chi connectivity index (χ1v) is 10.1. The molecule has 0 atom stereocenters. The molecule has 7 heteroatoms. The van der Waals surface area contributed by atoms with Crippen LogP contribution in [0.3, 0.4) is 0 Å². The Hall–Kier alpha value is -1.89. The van der Waals surface area contributed by atoms with Gasteiger partial charge in [-0.25, -0.2) is 4.79 Å². The summed E-state index contributed by atoms with van der Waals surface area (Å²) in [6.45, 7) is 2.61. The fourth-order valence-electron chi connectivity index (χ4n) is 3.91. The second-order valence-corrected chi connectivity index (χ2v) is 8.25. The van der Waals surface area contributed by atoms with Crippen molar-refractivity contribution in [1.29, 1.82) is 0 Å². The maximum atomic E-state index is 12.5. The highest BCUT2D eigenvalue weighted by Gasteiger charge is 2.30. The minimum atomic E-state index is -0.424. The van der Waals surface area contributed by atoms with E-state index in [0.717, 1.165) is 23.3 Å². The van der Waals surface area contributed by atoms with Crippen molar-refractivity contribution in [1.82, 2.24) is 4.90 Å². The molecule has 0 aromatic carbocycles. The van der Waals surface area contributed by atoms with Crippen LogP contribution in [0, 0.1) is 5.92 Å². The number of rotatable bonds is 4. The number of hydrogen-bond acceptors (Lipinski definition) is 5. The summed E-state index contributed by atoms with van der Waals surface area (Å²) in [4.78, 5) is 39.2. The third kappa shape index (κ3) is 4.09. The molecule has 1 aliphatic carbocycles. The topological polar surface area (TPSA) is 75.7 Å². The van der Waals surface area contributed by atoms with Crippen LogP contribution in [0.15, 0.2) is 0 Å². The van der Waals surface area contributed by atoms with Gasteiger partial charge in [-0.1, -0.05) is 19.3 Å². The van der Waals surface area contributed by atoms with Crippen LogP contribution >= 0.6 is 11.3 Å². The minimum Gasteiger partial charge on any atom is -0.465 e. The van der Waals surface area contributed by atoms with Gasteiger partial charge in [0.05, 0.1) is 19.2 Å². The lowest BCUT2D eigenvalue weighted by Gasteiger charge is -2.25. The maximum absolute atomic E-state index is 12.5. The van der Waals surface area contributed by atoms with E-state index in [4.69, 9.17) is 4.74 Å². The van der Waals surface area contributed by atoms with E-state index in [2.05, 4.69) is 5.32 Å². The van der Waals surface area contributed by atoms with Crippen molar-refractivity contribution in [2.45, 2.75) is 58.4 Å². The van der Waals surface area contributed by atoms with Crippen LogP contribution in [-0.2, 0) is 27.3 Å². The van der Waals surface area contributed by atoms with Crippen molar-refractivity contribution in [2.75, 3.05) is 19.0 Å². The molecule has 2 heterocycles. The molecule has 0 spiro atoms. The van der Waals surface area contributed by atoms with Crippen molar-refractivity contribution in [3.05, 3.63) is 16.0 Å². The van der Waals surface area contributed by atoms with Gasteiger partial charge in [-0.2, -0.15) is 0 Å². The van der Waals surface area contributed by atoms with E-state index in [9.17, 15) is 14.4 Å². The number of esters is 1. The molecule has 1 fully saturated rings. The highest BCUT2D eigenvalue weighted by molar-refractivity contribution is 7.17. The zero-order valence-corrected chi connectivity index (χ0v) is 16.2. The van der Waals surface area contributed by atoms with E-state index >= 15 is 0 Å². The summed E-state index contributed by atoms with van der Waals surface area (Å²) in [5.41, 5.74) is 1.38. The van der Waals surface area contributed by atoms with E-state index in [0.29, 0.717) is 42.4 Å². The lowest BCUT2D eigenvalue weighted by atomic mass is 9.87. The first-order valence-electron chi connectivity index (χ1n) is 9.27. The summed E-state index contributed by atoms with van der Waals surface area (Å²) in [5.74, 6) is -0.00418. The number of carbonyl (C=O) groups is 3. The third-order valence-electron chi connectivity index (χ3n) is 5.34. The highest BCUT2D eigenvalue weighted by Crippen LogP contribution is 2.38. The second-order valence-electron chi connectivity index (χ2n) is 7.15. The Kier molecular flexibility index (Phi) is 5.96. The lowest BCUT2D eigenvalue weighted by Crippen LogP contribution is -2.33. The normalized spacial score (nSPS) is 17.5. The maximum Gasteiger partial charge on any atom is 0.341 e. The molecule has 0 bridgehead atoms. The van der Waals surface area contributed by atoms with Crippen LogP contribution in [0.5, 0.6) is 0 Å². The first-order chi connectivity index (χ1) is 12.5. The van der Waals surface area contributed by atoms with Gasteiger partial charge >= 0.3 is 5.97 Å². The number of ether oxygens (including phenoxy) is 1. The van der Waals surface area contributed by atoms with Gasteiger partial charge in [-0.15, -0.1) is 11.3 Å². The predicted octanol–water partition coefficient (Wildman–Crippen LogP) is 3.35. The molecule has 1 aliphatic heterocycles. The number of hydrogen-bond donors (Lipinski definition) is 1. The Labute approximate surface area is 157 Å². The molecule has 1 N–H and O–H groups in total. The van der Waals surface area contributed by atoms with Gasteiger partial charge in [0.2, 0.25) is 11.8 Å². The fraction of sp³-hybridized carbons (Fsp3) is 0.632. The van der Waals surface area contributed by atoms with E-state index in [-0.39, 0.29) is 11.8 Å². The fourth-order valence-corrected chi connectivity index (χ4v) is 5.18. The predicted molar refractivity (Wildman–Crippen MR) is 100 cm³/mol. The molecule has 0 radical (unpaired) electrons. The Morgan fingerprint density at radius 3 is 2.62 bits per heavy atom. The van der Waals surface area contributed by atoms with E-state index in [1.54, 1.807) is 11.8 Å². The first kappa shape index (κ1) is 18.9. The molecule has 0 saturated heterocycles. The highest BCUT2D eigenvalue weighted by atomic mass is 32.1. The summed E-state index contributed by atoms with van der Waals surface area (Å²) in [7, 11) is 1.35. The monoisotopic (exact) mass is 378 g/mol. The average Bonchev–Trinajstić information content (AvgIpc) is 2.98. The Morgan fingerprint density at radius 1 is 1.23 bits per heavy atom. The van der Waals surface area contributed by atoms with E-state index < -0.39 is 5.97 Å². The molecule has 1 saturated carbocycles. The van der Waals surface area contributed by atoms with Gasteiger partial charge in [0.1, 0.15) is 5.00 Å². The number of carbonyl (C=O) groups excluding carboxylic acids is 3. The van der Waals surface area contributed by atoms with Crippen molar-refractivity contribution in [3.8, 4) is 0 Å². The van der Waals surface area contributed by atoms with Gasteiger partial charge < -0.3 is 15.0 Å². The van der Waals surface area contributed by atoms with Crippen LogP contribution in [0.1, 0.15) is 66.2 Å². The summed E-state index contributed by atoms with van der Waals surface area (Å²) in [6.07, 6.45) is 6.96. The molecule has 0 unspecified atom stereocenters. The zero-order chi connectivity index (χ0) is 18.7. The number of methoxy groups -OCH3 is 1. The second kappa shape index (κ2) is 8.20. The van der Waals surface area contributed by atoms with E-state index in [1.807, 2.05) is 0 Å². The third-order valence-corrected chi connectivity index (χ3v) is 6.48. The van der Waals surface area contributed by atoms with Crippen LogP contribution in [0.2, 0.25) is 0 Å². The van der Waals surface area contributed by atoms with Crippen LogP contribution in [0.4, 0.5) is 5.00 Å². The summed E-state index contributed by atoms with van der Waals surface area (Å²) in [6, 6.07) is 0. The Balaban J connectivity index is 1.78. The van der Waals surface area contributed by atoms with Gasteiger partial charge in [0.25, 0.3) is 0 Å². The lowest BCUT2D eigenvalue weighted by molar-refractivity contribution is -0.129. The number of nitrogens with one attached hydrogen (secondary N) is 1. The van der Waals surface area contributed by atoms with Crippen LogP contribution in [0.25, 0.3) is 0 Å². The summed E-state index contributed by atoms with van der Waals surface area (Å²) < 4.78 is 4.94. The SMILES string of the molecule is COC(=O)c1c(NC(=O)CC2CCCCC2)sc2c1CCN(C(C)=O)C2. The van der Waals surface area contributed by atoms with Crippen molar-refractivity contribution >= 4 is 34.1 Å². The van der Waals surface area contributed by atoms with Crippen molar-refractivity contribution in [2.24, 2.45) is 5.92 Å². The van der Waals surface area contributed by atoms with Crippen LogP contribution in [-0.4, -0.2) is 36.3 Å². The molecule has 2 aliphatic rings. The quantitative estimate of drug-likeness (QED) is 0.815. The summed E-state index contributed by atoms with van der Waals surface area (Å²) >= 11 is 1.39. The molecular weight excluding hydrogens is 352 g/mol. The smallest absolute Gasteiger partial charge is 0.341 e. The Bertz CT molecular complexity index is 707. The molecule has 1 aromatic heterocycles. The molecule has 3 rings (SSSR count). The number of amides is 2. The molecule has 6 nitrogen and oxygen atoms in total. The minimum absolute atomic E-state index is 0.0200. The number of anilines is 1. The average molecular weight is 378 g/mol. The summed E-state index contributed by atoms with van der Waals surface area (Å²) in [5, 5.41) is 3.51. The standard InChI is InChI=1S/C19H26N2O4S/c1-12(22)21-9-8-14-15(11-21)26-18(17(14)19(24)25-2)20-16(23)10-13-6-4-3-5-7-13/h13H,3-11H2,1-2H3,(H,20,23). The van der Waals surface area contributed by atoms with Gasteiger partial charge in [0.15, 0.2) is 0 Å². The van der Waals surface area contributed by atoms with E-state index in [1.165, 1.54) is 37.7 Å². The number of nitrogens with zero attached hydrogens (tertiary/aromatic N) is 1. The van der Waals surface area contributed by atoms with Crippen LogP contribution < -0.4 is 5.32 Å². The zero-order valence-electron chi connectivity index (χ0n) is 15.4. The van der Waals surface area contributed by atoms with Crippen molar-refractivity contribution in [3.63, 3.8) is 0 Å². The molecule has 2 amide bonds. The Morgan fingerprint density at radius 2 is 1.96 bits per heavy atom. The van der Waals surface area contributed by atoms with Gasteiger partial charge in [-0.05, 0) is 30.7 Å². The number of thiophene rings is 1.